The van der Waals surface area contributed by atoms with Gasteiger partial charge in [-0.1, -0.05) is 0 Å². The van der Waals surface area contributed by atoms with Gasteiger partial charge in [-0.2, -0.15) is 0 Å². The lowest BCUT2D eigenvalue weighted by Gasteiger charge is -2.26. The second kappa shape index (κ2) is 5.70. The predicted octanol–water partition coefficient (Wildman–Crippen LogP) is 1.74. The lowest BCUT2D eigenvalue weighted by Crippen LogP contribution is -2.39. The average Bonchev–Trinajstić information content (AvgIpc) is 3.06. The molecule has 0 unspecified atom stereocenters. The minimum Gasteiger partial charge on any atom is -0.341 e. The molecule has 1 amide bonds. The van der Waals surface area contributed by atoms with Crippen LogP contribution < -0.4 is 5.69 Å². The van der Waals surface area contributed by atoms with Crippen LogP contribution in [0.1, 0.15) is 29.7 Å². The van der Waals surface area contributed by atoms with Crippen LogP contribution in [0.5, 0.6) is 0 Å². The molecule has 0 spiro atoms. The van der Waals surface area contributed by atoms with Crippen LogP contribution in [0, 0.1) is 13.8 Å². The maximum Gasteiger partial charge on any atom is 0.352 e. The number of carbonyl (C=O) groups is 1. The molecule has 24 heavy (non-hydrogen) atoms. The lowest BCUT2D eigenvalue weighted by molar-refractivity contribution is -0.132. The van der Waals surface area contributed by atoms with Gasteiger partial charge in [-0.3, -0.25) is 4.79 Å². The van der Waals surface area contributed by atoms with Gasteiger partial charge in [0.1, 0.15) is 17.7 Å². The van der Waals surface area contributed by atoms with Crippen molar-refractivity contribution in [3.8, 4) is 0 Å². The zero-order chi connectivity index (χ0) is 16.8. The summed E-state index contributed by atoms with van der Waals surface area (Å²) >= 11 is 1.59. The Bertz CT molecular complexity index is 993. The van der Waals surface area contributed by atoms with Crippen molar-refractivity contribution in [1.82, 2.24) is 24.1 Å². The van der Waals surface area contributed by atoms with Gasteiger partial charge in [-0.25, -0.2) is 18.9 Å². The highest BCUT2D eigenvalue weighted by Crippen LogP contribution is 2.30. The first-order chi connectivity index (χ1) is 11.6. The highest BCUT2D eigenvalue weighted by molar-refractivity contribution is 7.18. The summed E-state index contributed by atoms with van der Waals surface area (Å²) in [6.45, 7) is 5.58. The van der Waals surface area contributed by atoms with Crippen LogP contribution in [0.25, 0.3) is 15.9 Å². The summed E-state index contributed by atoms with van der Waals surface area (Å²) in [6, 6.07) is 0. The molecule has 4 heterocycles. The van der Waals surface area contributed by atoms with Gasteiger partial charge in [0.25, 0.3) is 0 Å². The molecule has 0 bridgehead atoms. The number of carbonyl (C=O) groups excluding carboxylic acids is 1. The van der Waals surface area contributed by atoms with E-state index >= 15 is 0 Å². The summed E-state index contributed by atoms with van der Waals surface area (Å²) in [5.41, 5.74) is 1.36. The summed E-state index contributed by atoms with van der Waals surface area (Å²) in [6.07, 6.45) is 4.73. The number of amides is 1. The highest BCUT2D eigenvalue weighted by atomic mass is 32.1. The van der Waals surface area contributed by atoms with Crippen molar-refractivity contribution in [3.63, 3.8) is 0 Å². The fraction of sp³-hybridized carbons (Fsp3) is 0.500. The van der Waals surface area contributed by atoms with Crippen LogP contribution in [-0.4, -0.2) is 43.1 Å². The maximum absolute atomic E-state index is 12.6. The molecule has 0 radical (unpaired) electrons. The number of thiophene rings is 1. The molecule has 0 atom stereocenters. The molecule has 7 nitrogen and oxygen atoms in total. The number of aryl methyl sites for hydroxylation is 2. The van der Waals surface area contributed by atoms with Gasteiger partial charge in [0, 0.05) is 18.0 Å². The minimum absolute atomic E-state index is 0.00975. The first-order valence-corrected chi connectivity index (χ1v) is 8.99. The van der Waals surface area contributed by atoms with Crippen LogP contribution >= 0.6 is 11.3 Å². The summed E-state index contributed by atoms with van der Waals surface area (Å²) in [5, 5.41) is 5.34. The van der Waals surface area contributed by atoms with Crippen LogP contribution in [0.15, 0.2) is 11.1 Å². The zero-order valence-electron chi connectivity index (χ0n) is 13.8. The Morgan fingerprint density at radius 3 is 2.75 bits per heavy atom. The van der Waals surface area contributed by atoms with Crippen molar-refractivity contribution >= 4 is 33.1 Å². The largest absolute Gasteiger partial charge is 0.352 e. The Hall–Kier alpha value is -2.22. The molecule has 0 saturated carbocycles. The summed E-state index contributed by atoms with van der Waals surface area (Å²) in [5.74, 6) is -0.0392. The van der Waals surface area contributed by atoms with Crippen LogP contribution in [0.4, 0.5) is 0 Å². The Labute approximate surface area is 142 Å². The number of hydrogen-bond donors (Lipinski definition) is 0. The van der Waals surface area contributed by atoms with E-state index < -0.39 is 0 Å². The summed E-state index contributed by atoms with van der Waals surface area (Å²) < 4.78 is 2.70. The number of fused-ring (bicyclic) bond motifs is 3. The predicted molar refractivity (Wildman–Crippen MR) is 92.5 cm³/mol. The maximum atomic E-state index is 12.6. The molecule has 1 fully saturated rings. The number of piperidine rings is 1. The van der Waals surface area contributed by atoms with Gasteiger partial charge in [0.05, 0.1) is 5.39 Å². The molecule has 1 aliphatic heterocycles. The Balaban J connectivity index is 1.76. The van der Waals surface area contributed by atoms with E-state index in [1.54, 1.807) is 11.3 Å². The van der Waals surface area contributed by atoms with Crippen molar-refractivity contribution in [2.24, 2.45) is 0 Å². The second-order valence-electron chi connectivity index (χ2n) is 6.28. The smallest absolute Gasteiger partial charge is 0.341 e. The van der Waals surface area contributed by atoms with E-state index in [-0.39, 0.29) is 18.1 Å². The molecule has 3 aromatic rings. The Morgan fingerprint density at radius 1 is 1.25 bits per heavy atom. The van der Waals surface area contributed by atoms with Crippen LogP contribution in [-0.2, 0) is 11.3 Å². The number of aromatic nitrogens is 4. The van der Waals surface area contributed by atoms with Gasteiger partial charge in [-0.05, 0) is 38.7 Å². The molecular formula is C16H19N5O2S. The fourth-order valence-electron chi connectivity index (χ4n) is 3.24. The van der Waals surface area contributed by atoms with E-state index in [1.165, 1.54) is 21.8 Å². The van der Waals surface area contributed by atoms with Crippen molar-refractivity contribution in [2.45, 2.75) is 39.7 Å². The first-order valence-electron chi connectivity index (χ1n) is 8.18. The molecule has 1 saturated heterocycles. The zero-order valence-corrected chi connectivity index (χ0v) is 14.6. The lowest BCUT2D eigenvalue weighted by atomic mass is 10.1. The van der Waals surface area contributed by atoms with Gasteiger partial charge >= 0.3 is 5.69 Å². The number of likely N-dealkylation sites (tertiary alicyclic amines) is 1. The molecule has 4 rings (SSSR count). The quantitative estimate of drug-likeness (QED) is 0.709. The standard InChI is InChI=1S/C16H19N5O2S/c1-10-11(2)24-15-13(10)14-18-21(16(23)20(14)9-17-15)8-12(22)19-6-4-3-5-7-19/h9H,3-8H2,1-2H3. The third-order valence-electron chi connectivity index (χ3n) is 4.75. The van der Waals surface area contributed by atoms with E-state index in [2.05, 4.69) is 10.1 Å². The summed E-state index contributed by atoms with van der Waals surface area (Å²) in [7, 11) is 0. The average molecular weight is 345 g/mol. The van der Waals surface area contributed by atoms with E-state index in [0.717, 1.165) is 46.6 Å². The third kappa shape index (κ3) is 2.32. The van der Waals surface area contributed by atoms with Gasteiger partial charge in [0.15, 0.2) is 5.65 Å². The van der Waals surface area contributed by atoms with E-state index in [0.29, 0.717) is 5.65 Å². The van der Waals surface area contributed by atoms with Crippen molar-refractivity contribution in [3.05, 3.63) is 27.3 Å². The third-order valence-corrected chi connectivity index (χ3v) is 5.86. The van der Waals surface area contributed by atoms with Gasteiger partial charge in [0.2, 0.25) is 5.91 Å². The topological polar surface area (TPSA) is 72.5 Å². The first kappa shape index (κ1) is 15.3. The minimum atomic E-state index is -0.312. The van der Waals surface area contributed by atoms with Crippen molar-refractivity contribution < 1.29 is 4.79 Å². The molecule has 3 aromatic heterocycles. The highest BCUT2D eigenvalue weighted by Gasteiger charge is 2.20. The number of rotatable bonds is 2. The van der Waals surface area contributed by atoms with Crippen LogP contribution in [0.2, 0.25) is 0 Å². The molecule has 0 N–H and O–H groups in total. The van der Waals surface area contributed by atoms with E-state index in [4.69, 9.17) is 0 Å². The Kier molecular flexibility index (Phi) is 3.64. The SMILES string of the molecule is Cc1sc2ncn3c(=O)n(CC(=O)N4CCCCC4)nc3c2c1C. The van der Waals surface area contributed by atoms with E-state index in [1.807, 2.05) is 18.7 Å². The second-order valence-corrected chi connectivity index (χ2v) is 7.49. The van der Waals surface area contributed by atoms with Crippen molar-refractivity contribution in [2.75, 3.05) is 13.1 Å². The number of nitrogens with zero attached hydrogens (tertiary/aromatic N) is 5. The molecule has 0 aromatic carbocycles. The monoisotopic (exact) mass is 345 g/mol. The number of hydrogen-bond acceptors (Lipinski definition) is 5. The van der Waals surface area contributed by atoms with Crippen molar-refractivity contribution in [1.29, 1.82) is 0 Å². The normalized spacial score (nSPS) is 15.5. The Morgan fingerprint density at radius 2 is 2.00 bits per heavy atom. The van der Waals surface area contributed by atoms with Gasteiger partial charge < -0.3 is 4.90 Å². The fourth-order valence-corrected chi connectivity index (χ4v) is 4.23. The molecular weight excluding hydrogens is 326 g/mol. The van der Waals surface area contributed by atoms with E-state index in [9.17, 15) is 9.59 Å². The van der Waals surface area contributed by atoms with Gasteiger partial charge in [-0.15, -0.1) is 16.4 Å². The summed E-state index contributed by atoms with van der Waals surface area (Å²) in [4.78, 5) is 33.2. The molecule has 126 valence electrons. The molecule has 8 heteroatoms. The van der Waals surface area contributed by atoms with Crippen LogP contribution in [0.3, 0.4) is 0 Å². The molecule has 1 aliphatic rings. The molecule has 0 aliphatic carbocycles.